The molecule has 1 amide bonds. The summed E-state index contributed by atoms with van der Waals surface area (Å²) in [5, 5.41) is 15.1. The fraction of sp³-hybridized carbons (Fsp3) is 0.389. The predicted molar refractivity (Wildman–Crippen MR) is 92.8 cm³/mol. The predicted octanol–water partition coefficient (Wildman–Crippen LogP) is 3.10. The quantitative estimate of drug-likeness (QED) is 0.780. The molecule has 0 saturated heterocycles. The molecular weight excluding hydrogens is 310 g/mol. The zero-order valence-corrected chi connectivity index (χ0v) is 14.4. The summed E-state index contributed by atoms with van der Waals surface area (Å²) in [5.41, 5.74) is 0.0665. The molecule has 5 heteroatoms. The number of benzene rings is 1. The molecule has 0 radical (unpaired) electrons. The van der Waals surface area contributed by atoms with Gasteiger partial charge in [0.15, 0.2) is 0 Å². The second kappa shape index (κ2) is 8.13. The van der Waals surface area contributed by atoms with Crippen LogP contribution in [0.2, 0.25) is 0 Å². The van der Waals surface area contributed by atoms with E-state index >= 15 is 0 Å². The Morgan fingerprint density at radius 2 is 2.04 bits per heavy atom. The molecule has 1 unspecified atom stereocenters. The molecule has 2 aromatic rings. The lowest BCUT2D eigenvalue weighted by molar-refractivity contribution is -0.122. The van der Waals surface area contributed by atoms with Crippen LogP contribution in [0, 0.1) is 0 Å². The normalized spacial score (nSPS) is 13.3. The Bertz CT molecular complexity index is 606. The van der Waals surface area contributed by atoms with E-state index in [4.69, 9.17) is 4.74 Å². The molecule has 0 saturated carbocycles. The molecule has 0 aliphatic carbocycles. The lowest BCUT2D eigenvalue weighted by atomic mass is 10.0. The smallest absolute Gasteiger partial charge is 0.220 e. The van der Waals surface area contributed by atoms with Gasteiger partial charge in [-0.15, -0.1) is 11.3 Å². The van der Waals surface area contributed by atoms with Crippen LogP contribution in [0.5, 0.6) is 5.75 Å². The van der Waals surface area contributed by atoms with Crippen molar-refractivity contribution in [2.45, 2.75) is 32.3 Å². The van der Waals surface area contributed by atoms with Gasteiger partial charge in [0, 0.05) is 11.3 Å². The van der Waals surface area contributed by atoms with Gasteiger partial charge in [0.25, 0.3) is 0 Å². The topological polar surface area (TPSA) is 58.6 Å². The average Bonchev–Trinajstić information content (AvgIpc) is 3.08. The molecule has 2 rings (SSSR count). The first-order valence-electron chi connectivity index (χ1n) is 7.76. The van der Waals surface area contributed by atoms with E-state index in [-0.39, 0.29) is 12.5 Å². The van der Waals surface area contributed by atoms with Crippen molar-refractivity contribution < 1.29 is 14.6 Å². The number of carbonyl (C=O) groups is 1. The molecule has 4 nitrogen and oxygen atoms in total. The monoisotopic (exact) mass is 333 g/mol. The summed E-state index contributed by atoms with van der Waals surface area (Å²) in [6.45, 7) is 4.52. The molecular formula is C18H23NO3S. The molecule has 124 valence electrons. The van der Waals surface area contributed by atoms with Gasteiger partial charge < -0.3 is 15.2 Å². The molecule has 0 aliphatic heterocycles. The van der Waals surface area contributed by atoms with E-state index in [2.05, 4.69) is 5.32 Å². The Balaban J connectivity index is 1.76. The maximum absolute atomic E-state index is 12.0. The number of rotatable bonds is 8. The molecule has 1 aromatic carbocycles. The number of carbonyl (C=O) groups excluding carboxylic acids is 1. The summed E-state index contributed by atoms with van der Waals surface area (Å²) in [4.78, 5) is 12.8. The maximum Gasteiger partial charge on any atom is 0.220 e. The Hall–Kier alpha value is -1.85. The second-order valence-corrected chi connectivity index (χ2v) is 6.55. The van der Waals surface area contributed by atoms with Gasteiger partial charge in [-0.3, -0.25) is 4.79 Å². The number of thiophene rings is 1. The van der Waals surface area contributed by atoms with E-state index < -0.39 is 5.60 Å². The lowest BCUT2D eigenvalue weighted by Crippen LogP contribution is -2.38. The van der Waals surface area contributed by atoms with E-state index in [0.29, 0.717) is 19.4 Å². The molecule has 0 fully saturated rings. The van der Waals surface area contributed by atoms with Crippen LogP contribution < -0.4 is 10.1 Å². The molecule has 23 heavy (non-hydrogen) atoms. The Morgan fingerprint density at radius 3 is 2.65 bits per heavy atom. The summed E-state index contributed by atoms with van der Waals surface area (Å²) in [6, 6.07) is 11.5. The highest BCUT2D eigenvalue weighted by Gasteiger charge is 2.24. The lowest BCUT2D eigenvalue weighted by Gasteiger charge is -2.22. The number of amides is 1. The third-order valence-electron chi connectivity index (χ3n) is 3.56. The van der Waals surface area contributed by atoms with Crippen LogP contribution in [0.4, 0.5) is 0 Å². The maximum atomic E-state index is 12.0. The molecule has 2 N–H and O–H groups in total. The van der Waals surface area contributed by atoms with E-state index in [1.54, 1.807) is 6.92 Å². The fourth-order valence-corrected chi connectivity index (χ4v) is 3.00. The van der Waals surface area contributed by atoms with Gasteiger partial charge in [0.1, 0.15) is 11.4 Å². The standard InChI is InChI=1S/C18H23NO3S/c1-3-22-15-9-6-14(7-10-15)8-11-17(20)19-13-18(2,21)16-5-4-12-23-16/h4-7,9-10,12,21H,3,8,11,13H2,1-2H3,(H,19,20). The van der Waals surface area contributed by atoms with Crippen LogP contribution in [0.25, 0.3) is 0 Å². The highest BCUT2D eigenvalue weighted by molar-refractivity contribution is 7.10. The van der Waals surface area contributed by atoms with Gasteiger partial charge in [0.2, 0.25) is 5.91 Å². The van der Waals surface area contributed by atoms with Gasteiger partial charge in [-0.05, 0) is 49.4 Å². The summed E-state index contributed by atoms with van der Waals surface area (Å²) >= 11 is 1.48. The van der Waals surface area contributed by atoms with Crippen LogP contribution in [-0.2, 0) is 16.8 Å². The molecule has 0 spiro atoms. The SMILES string of the molecule is CCOc1ccc(CCC(=O)NCC(C)(O)c2cccs2)cc1. The minimum atomic E-state index is -1.02. The van der Waals surface area contributed by atoms with Gasteiger partial charge in [-0.25, -0.2) is 0 Å². The first-order valence-corrected chi connectivity index (χ1v) is 8.64. The van der Waals surface area contributed by atoms with Gasteiger partial charge >= 0.3 is 0 Å². The van der Waals surface area contributed by atoms with Crippen LogP contribution in [0.1, 0.15) is 30.7 Å². The number of aliphatic hydroxyl groups is 1. The van der Waals surface area contributed by atoms with Crippen molar-refractivity contribution in [1.29, 1.82) is 0 Å². The molecule has 1 heterocycles. The van der Waals surface area contributed by atoms with E-state index in [0.717, 1.165) is 16.2 Å². The number of nitrogens with one attached hydrogen (secondary N) is 1. The molecule has 0 bridgehead atoms. The van der Waals surface area contributed by atoms with E-state index in [1.807, 2.05) is 48.7 Å². The average molecular weight is 333 g/mol. The van der Waals surface area contributed by atoms with Crippen molar-refractivity contribution in [3.8, 4) is 5.75 Å². The van der Waals surface area contributed by atoms with Crippen LogP contribution >= 0.6 is 11.3 Å². The third-order valence-corrected chi connectivity index (χ3v) is 4.68. The van der Waals surface area contributed by atoms with Crippen molar-refractivity contribution >= 4 is 17.2 Å². The summed E-state index contributed by atoms with van der Waals surface area (Å²) < 4.78 is 5.39. The van der Waals surface area contributed by atoms with Gasteiger partial charge in [-0.1, -0.05) is 18.2 Å². The van der Waals surface area contributed by atoms with Crippen molar-refractivity contribution in [3.63, 3.8) is 0 Å². The van der Waals surface area contributed by atoms with Gasteiger partial charge in [-0.2, -0.15) is 0 Å². The third kappa shape index (κ3) is 5.37. The molecule has 1 aromatic heterocycles. The minimum Gasteiger partial charge on any atom is -0.494 e. The molecule has 1 atom stereocenters. The largest absolute Gasteiger partial charge is 0.494 e. The second-order valence-electron chi connectivity index (χ2n) is 5.60. The minimum absolute atomic E-state index is 0.0595. The van der Waals surface area contributed by atoms with Crippen LogP contribution in [-0.4, -0.2) is 24.2 Å². The summed E-state index contributed by atoms with van der Waals surface area (Å²) in [5.74, 6) is 0.781. The van der Waals surface area contributed by atoms with E-state index in [9.17, 15) is 9.90 Å². The number of hydrogen-bond acceptors (Lipinski definition) is 4. The highest BCUT2D eigenvalue weighted by Crippen LogP contribution is 2.24. The van der Waals surface area contributed by atoms with Crippen molar-refractivity contribution in [3.05, 3.63) is 52.2 Å². The number of aryl methyl sites for hydroxylation is 1. The summed E-state index contributed by atoms with van der Waals surface area (Å²) in [6.07, 6.45) is 1.06. The fourth-order valence-electron chi connectivity index (χ4n) is 2.21. The Labute approximate surface area is 141 Å². The number of hydrogen-bond donors (Lipinski definition) is 2. The van der Waals surface area contributed by atoms with Gasteiger partial charge in [0.05, 0.1) is 13.2 Å². The Kier molecular flexibility index (Phi) is 6.19. The first kappa shape index (κ1) is 17.5. The van der Waals surface area contributed by atoms with Crippen LogP contribution in [0.15, 0.2) is 41.8 Å². The van der Waals surface area contributed by atoms with Crippen molar-refractivity contribution in [2.75, 3.05) is 13.2 Å². The molecule has 0 aliphatic rings. The zero-order valence-electron chi connectivity index (χ0n) is 13.5. The first-order chi connectivity index (χ1) is 11.0. The van der Waals surface area contributed by atoms with Crippen LogP contribution in [0.3, 0.4) is 0 Å². The van der Waals surface area contributed by atoms with Crippen molar-refractivity contribution in [2.24, 2.45) is 0 Å². The zero-order chi connectivity index (χ0) is 16.7. The summed E-state index contributed by atoms with van der Waals surface area (Å²) in [7, 11) is 0. The van der Waals surface area contributed by atoms with E-state index in [1.165, 1.54) is 11.3 Å². The van der Waals surface area contributed by atoms with Crippen molar-refractivity contribution in [1.82, 2.24) is 5.32 Å². The highest BCUT2D eigenvalue weighted by atomic mass is 32.1. The number of ether oxygens (including phenoxy) is 1. The Morgan fingerprint density at radius 1 is 1.30 bits per heavy atom.